The second-order valence-electron chi connectivity index (χ2n) is 10.7. The molecule has 36 heavy (non-hydrogen) atoms. The van der Waals surface area contributed by atoms with Crippen LogP contribution in [-0.2, 0) is 5.41 Å². The van der Waals surface area contributed by atoms with E-state index in [4.69, 9.17) is 22.2 Å². The summed E-state index contributed by atoms with van der Waals surface area (Å²) in [5.74, 6) is 2.36. The molecule has 0 amide bonds. The van der Waals surface area contributed by atoms with Gasteiger partial charge in [0.15, 0.2) is 5.11 Å². The number of nitrogens with one attached hydrogen (secondary N) is 2. The van der Waals surface area contributed by atoms with Crippen molar-refractivity contribution in [3.8, 4) is 0 Å². The second-order valence-corrected chi connectivity index (χ2v) is 11.1. The number of hydrogen-bond donors (Lipinski definition) is 2. The van der Waals surface area contributed by atoms with Crippen molar-refractivity contribution in [2.24, 2.45) is 0 Å². The molecule has 1 aromatic heterocycles. The third-order valence-electron chi connectivity index (χ3n) is 8.14. The minimum Gasteiger partial charge on any atom is -0.361 e. The third kappa shape index (κ3) is 6.07. The van der Waals surface area contributed by atoms with Crippen molar-refractivity contribution >= 4 is 34.9 Å². The average molecular weight is 511 g/mol. The molecule has 2 saturated heterocycles. The summed E-state index contributed by atoms with van der Waals surface area (Å²) in [6.07, 6.45) is 13.2. The summed E-state index contributed by atoms with van der Waals surface area (Å²) in [6, 6.07) is 9.18. The summed E-state index contributed by atoms with van der Waals surface area (Å²) >= 11 is 5.73. The van der Waals surface area contributed by atoms with Crippen molar-refractivity contribution in [3.63, 3.8) is 0 Å². The van der Waals surface area contributed by atoms with Gasteiger partial charge in [0.25, 0.3) is 0 Å². The fraction of sp³-hybridized carbons (Fsp3) is 0.607. The van der Waals surface area contributed by atoms with Crippen LogP contribution in [0.3, 0.4) is 0 Å². The highest BCUT2D eigenvalue weighted by Crippen LogP contribution is 2.39. The third-order valence-corrected chi connectivity index (χ3v) is 8.39. The molecule has 2 aromatic rings. The lowest BCUT2D eigenvalue weighted by atomic mass is 9.69. The average Bonchev–Trinajstić information content (AvgIpc) is 3.31. The first-order valence-electron chi connectivity index (χ1n) is 13.8. The molecular weight excluding hydrogens is 471 g/mol. The molecule has 5 rings (SSSR count). The van der Waals surface area contributed by atoms with Crippen LogP contribution in [0.2, 0.25) is 0 Å². The molecular formula is C28H39FN6S. The van der Waals surface area contributed by atoms with E-state index < -0.39 is 0 Å². The Labute approximate surface area is 220 Å². The Hall–Kier alpha value is -2.48. The molecule has 0 bridgehead atoms. The molecule has 0 unspecified atom stereocenters. The highest BCUT2D eigenvalue weighted by atomic mass is 32.1. The SMILES string of the molecule is Fc1ccc(C2(CNC(=S)Nc3nc(N4CCCCCC4)cc(N4CCCC4)n3)CCCCC2)cc1. The van der Waals surface area contributed by atoms with Crippen molar-refractivity contribution < 1.29 is 4.39 Å². The molecule has 0 radical (unpaired) electrons. The summed E-state index contributed by atoms with van der Waals surface area (Å²) in [4.78, 5) is 14.5. The molecule has 3 fully saturated rings. The van der Waals surface area contributed by atoms with Crippen LogP contribution in [0.1, 0.15) is 76.2 Å². The molecule has 3 heterocycles. The summed E-state index contributed by atoms with van der Waals surface area (Å²) in [5.41, 5.74) is 1.15. The maximum absolute atomic E-state index is 13.6. The zero-order chi connectivity index (χ0) is 24.8. The first kappa shape index (κ1) is 25.2. The zero-order valence-electron chi connectivity index (χ0n) is 21.3. The maximum Gasteiger partial charge on any atom is 0.232 e. The van der Waals surface area contributed by atoms with Crippen LogP contribution in [0.15, 0.2) is 30.3 Å². The zero-order valence-corrected chi connectivity index (χ0v) is 22.1. The minimum atomic E-state index is -0.190. The van der Waals surface area contributed by atoms with Gasteiger partial charge in [0, 0.05) is 44.2 Å². The molecule has 2 N–H and O–H groups in total. The first-order valence-corrected chi connectivity index (χ1v) is 14.2. The number of hydrogen-bond acceptors (Lipinski definition) is 5. The van der Waals surface area contributed by atoms with Crippen molar-refractivity contribution in [1.29, 1.82) is 0 Å². The quantitative estimate of drug-likeness (QED) is 0.478. The Morgan fingerprint density at radius 2 is 1.33 bits per heavy atom. The Balaban J connectivity index is 1.31. The van der Waals surface area contributed by atoms with Crippen LogP contribution in [0.25, 0.3) is 0 Å². The number of aromatic nitrogens is 2. The van der Waals surface area contributed by atoms with Crippen molar-refractivity contribution in [2.75, 3.05) is 47.8 Å². The molecule has 1 saturated carbocycles. The van der Waals surface area contributed by atoms with E-state index in [0.717, 1.165) is 57.2 Å². The summed E-state index contributed by atoms with van der Waals surface area (Å²) in [7, 11) is 0. The number of halogens is 1. The maximum atomic E-state index is 13.6. The Morgan fingerprint density at radius 3 is 1.92 bits per heavy atom. The molecule has 3 aliphatic rings. The second kappa shape index (κ2) is 11.7. The predicted octanol–water partition coefficient (Wildman–Crippen LogP) is 5.78. The van der Waals surface area contributed by atoms with Crippen LogP contribution in [0.4, 0.5) is 22.0 Å². The van der Waals surface area contributed by atoms with Gasteiger partial charge in [0.1, 0.15) is 17.5 Å². The van der Waals surface area contributed by atoms with Gasteiger partial charge in [-0.1, -0.05) is 44.2 Å². The molecule has 1 aromatic carbocycles. The highest BCUT2D eigenvalue weighted by molar-refractivity contribution is 7.80. The van der Waals surface area contributed by atoms with Crippen LogP contribution in [-0.4, -0.2) is 47.8 Å². The van der Waals surface area contributed by atoms with Crippen molar-refractivity contribution in [2.45, 2.75) is 76.0 Å². The lowest BCUT2D eigenvalue weighted by Gasteiger charge is -2.38. The molecule has 0 atom stereocenters. The standard InChI is InChI=1S/C28H39FN6S/c29-23-12-10-22(11-13-23)28(14-4-3-5-15-28)21-30-27(36)33-26-31-24(34-16-6-1-2-7-17-34)20-25(32-26)35-18-8-9-19-35/h10-13,20H,1-9,14-19,21H2,(H2,30,31,32,33,36). The van der Waals surface area contributed by atoms with E-state index in [9.17, 15) is 4.39 Å². The summed E-state index contributed by atoms with van der Waals surface area (Å²) in [5, 5.41) is 7.32. The van der Waals surface area contributed by atoms with Crippen LogP contribution in [0.5, 0.6) is 0 Å². The lowest BCUT2D eigenvalue weighted by molar-refractivity contribution is 0.292. The van der Waals surface area contributed by atoms with Gasteiger partial charge < -0.3 is 20.4 Å². The van der Waals surface area contributed by atoms with Crippen LogP contribution < -0.4 is 20.4 Å². The van der Waals surface area contributed by atoms with Gasteiger partial charge in [0.05, 0.1) is 0 Å². The number of rotatable bonds is 6. The van der Waals surface area contributed by atoms with E-state index in [0.29, 0.717) is 11.1 Å². The van der Waals surface area contributed by atoms with Crippen LogP contribution in [0, 0.1) is 5.82 Å². The van der Waals surface area contributed by atoms with Gasteiger partial charge in [-0.15, -0.1) is 0 Å². The van der Waals surface area contributed by atoms with Gasteiger partial charge in [-0.2, -0.15) is 9.97 Å². The fourth-order valence-electron chi connectivity index (χ4n) is 6.04. The van der Waals surface area contributed by atoms with E-state index in [-0.39, 0.29) is 11.2 Å². The van der Waals surface area contributed by atoms with E-state index in [1.165, 1.54) is 63.4 Å². The number of thiocarbonyl (C=S) groups is 1. The molecule has 8 heteroatoms. The van der Waals surface area contributed by atoms with Crippen molar-refractivity contribution in [3.05, 3.63) is 41.7 Å². The fourth-order valence-corrected chi connectivity index (χ4v) is 6.21. The van der Waals surface area contributed by atoms with Crippen molar-refractivity contribution in [1.82, 2.24) is 15.3 Å². The smallest absolute Gasteiger partial charge is 0.232 e. The molecule has 1 aliphatic carbocycles. The summed E-state index contributed by atoms with van der Waals surface area (Å²) in [6.45, 7) is 4.88. The van der Waals surface area contributed by atoms with Gasteiger partial charge in [-0.25, -0.2) is 4.39 Å². The molecule has 0 spiro atoms. The van der Waals surface area contributed by atoms with Gasteiger partial charge in [0.2, 0.25) is 5.95 Å². The highest BCUT2D eigenvalue weighted by Gasteiger charge is 2.34. The number of nitrogens with zero attached hydrogens (tertiary/aromatic N) is 4. The first-order chi connectivity index (χ1) is 17.6. The van der Waals surface area contributed by atoms with E-state index in [2.05, 4.69) is 26.5 Å². The van der Waals surface area contributed by atoms with Gasteiger partial charge in [-0.05, 0) is 68.4 Å². The Morgan fingerprint density at radius 1 is 0.806 bits per heavy atom. The monoisotopic (exact) mass is 510 g/mol. The summed E-state index contributed by atoms with van der Waals surface area (Å²) < 4.78 is 13.6. The van der Waals surface area contributed by atoms with Gasteiger partial charge >= 0.3 is 0 Å². The Bertz CT molecular complexity index is 1010. The normalized spacial score (nSPS) is 20.1. The lowest BCUT2D eigenvalue weighted by Crippen LogP contribution is -2.43. The minimum absolute atomic E-state index is 0.0346. The van der Waals surface area contributed by atoms with E-state index >= 15 is 0 Å². The van der Waals surface area contributed by atoms with Crippen LogP contribution >= 0.6 is 12.2 Å². The number of benzene rings is 1. The largest absolute Gasteiger partial charge is 0.361 e. The molecule has 194 valence electrons. The number of anilines is 3. The predicted molar refractivity (Wildman–Crippen MR) is 150 cm³/mol. The van der Waals surface area contributed by atoms with E-state index in [1.807, 2.05) is 12.1 Å². The van der Waals surface area contributed by atoms with Gasteiger partial charge in [-0.3, -0.25) is 0 Å². The molecule has 6 nitrogen and oxygen atoms in total. The Kier molecular flexibility index (Phi) is 8.19. The topological polar surface area (TPSA) is 56.3 Å². The molecule has 2 aliphatic heterocycles. The van der Waals surface area contributed by atoms with E-state index in [1.54, 1.807) is 12.1 Å².